The average Bonchev–Trinajstić information content (AvgIpc) is 1.98. The van der Waals surface area contributed by atoms with E-state index in [1.54, 1.807) is 0 Å². The summed E-state index contributed by atoms with van der Waals surface area (Å²) in [5.41, 5.74) is 0. The zero-order valence-electron chi connectivity index (χ0n) is 6.97. The van der Waals surface area contributed by atoms with E-state index in [1.165, 1.54) is 25.7 Å². The second-order valence-corrected chi connectivity index (χ2v) is 4.50. The first kappa shape index (κ1) is 10.7. The van der Waals surface area contributed by atoms with Gasteiger partial charge in [-0.15, -0.1) is 11.8 Å². The molecule has 0 aliphatic carbocycles. The van der Waals surface area contributed by atoms with E-state index in [-0.39, 0.29) is 0 Å². The Bertz CT molecular complexity index is 64.3. The van der Waals surface area contributed by atoms with Crippen LogP contribution < -0.4 is 0 Å². The molecule has 0 aromatic heterocycles. The Hall–Kier alpha value is 0.700. The zero-order chi connectivity index (χ0) is 7.82. The monoisotopic (exact) mass is 178 g/mol. The van der Waals surface area contributed by atoms with Crippen molar-refractivity contribution in [3.8, 4) is 0 Å². The molecular formula is C8H18S2. The highest BCUT2D eigenvalue weighted by atomic mass is 32.2. The van der Waals surface area contributed by atoms with E-state index in [0.29, 0.717) is 0 Å². The lowest BCUT2D eigenvalue weighted by atomic mass is 10.2. The number of unbranched alkanes of at least 4 members (excludes halogenated alkanes) is 1. The maximum Gasteiger partial charge on any atom is 0.0364 e. The molecule has 0 saturated carbocycles. The van der Waals surface area contributed by atoms with Gasteiger partial charge in [0.2, 0.25) is 0 Å². The van der Waals surface area contributed by atoms with Gasteiger partial charge in [0.05, 0.1) is 0 Å². The normalized spacial score (nSPS) is 13.5. The van der Waals surface area contributed by atoms with Crippen molar-refractivity contribution in [3.05, 3.63) is 0 Å². The number of hydrogen-bond acceptors (Lipinski definition) is 2. The number of thiol groups is 1. The molecule has 0 aliphatic heterocycles. The molecule has 0 fully saturated rings. The van der Waals surface area contributed by atoms with Gasteiger partial charge in [-0.05, 0) is 12.8 Å². The van der Waals surface area contributed by atoms with Crippen LogP contribution in [0, 0.1) is 0 Å². The second kappa shape index (κ2) is 7.80. The van der Waals surface area contributed by atoms with E-state index in [0.717, 1.165) is 10.3 Å². The summed E-state index contributed by atoms with van der Waals surface area (Å²) in [6.45, 7) is 4.51. The largest absolute Gasteiger partial charge is 0.168 e. The van der Waals surface area contributed by atoms with Gasteiger partial charge in [0.15, 0.2) is 0 Å². The molecule has 0 rings (SSSR count). The van der Waals surface area contributed by atoms with Crippen molar-refractivity contribution in [2.24, 2.45) is 0 Å². The van der Waals surface area contributed by atoms with Gasteiger partial charge in [-0.25, -0.2) is 0 Å². The summed E-state index contributed by atoms with van der Waals surface area (Å²) < 4.78 is 0. The summed E-state index contributed by atoms with van der Waals surface area (Å²) in [4.78, 5) is 0. The van der Waals surface area contributed by atoms with Crippen molar-refractivity contribution in [2.75, 3.05) is 5.08 Å². The quantitative estimate of drug-likeness (QED) is 0.479. The molecule has 0 aromatic carbocycles. The molecule has 1 unspecified atom stereocenters. The van der Waals surface area contributed by atoms with Crippen molar-refractivity contribution < 1.29 is 0 Å². The summed E-state index contributed by atoms with van der Waals surface area (Å²) >= 11 is 6.18. The first-order valence-corrected chi connectivity index (χ1v) is 5.75. The summed E-state index contributed by atoms with van der Waals surface area (Å²) in [5.74, 6) is 0. The molecule has 0 N–H and O–H groups in total. The minimum Gasteiger partial charge on any atom is -0.168 e. The predicted octanol–water partition coefficient (Wildman–Crippen LogP) is 3.58. The third-order valence-electron chi connectivity index (χ3n) is 1.65. The minimum atomic E-state index is 0.859. The van der Waals surface area contributed by atoms with E-state index in [2.05, 4.69) is 26.5 Å². The van der Waals surface area contributed by atoms with Gasteiger partial charge in [-0.2, -0.15) is 12.6 Å². The Balaban J connectivity index is 3.21. The van der Waals surface area contributed by atoms with Crippen LogP contribution in [0.5, 0.6) is 0 Å². The van der Waals surface area contributed by atoms with Gasteiger partial charge in [-0.3, -0.25) is 0 Å². The molecule has 0 amide bonds. The fourth-order valence-electron chi connectivity index (χ4n) is 0.943. The predicted molar refractivity (Wildman–Crippen MR) is 55.0 cm³/mol. The van der Waals surface area contributed by atoms with Crippen LogP contribution in [0.4, 0.5) is 0 Å². The van der Waals surface area contributed by atoms with Crippen molar-refractivity contribution in [1.29, 1.82) is 0 Å². The molecule has 0 saturated heterocycles. The second-order valence-electron chi connectivity index (χ2n) is 2.47. The van der Waals surface area contributed by atoms with Crippen LogP contribution in [0.25, 0.3) is 0 Å². The van der Waals surface area contributed by atoms with Crippen LogP contribution in [-0.4, -0.2) is 10.3 Å². The first-order valence-electron chi connectivity index (χ1n) is 4.07. The van der Waals surface area contributed by atoms with E-state index >= 15 is 0 Å². The van der Waals surface area contributed by atoms with Crippen LogP contribution >= 0.6 is 24.4 Å². The molecule has 2 heteroatoms. The van der Waals surface area contributed by atoms with Crippen LogP contribution in [-0.2, 0) is 0 Å². The summed E-state index contributed by atoms with van der Waals surface area (Å²) in [5, 5.41) is 1.83. The van der Waals surface area contributed by atoms with Crippen molar-refractivity contribution in [3.63, 3.8) is 0 Å². The smallest absolute Gasteiger partial charge is 0.0364 e. The van der Waals surface area contributed by atoms with Crippen LogP contribution in [0.1, 0.15) is 39.5 Å². The summed E-state index contributed by atoms with van der Waals surface area (Å²) in [7, 11) is 0. The molecule has 0 aromatic rings. The lowest BCUT2D eigenvalue weighted by Crippen LogP contribution is -1.99. The molecule has 0 aliphatic rings. The Morgan fingerprint density at radius 1 is 1.40 bits per heavy atom. The average molecular weight is 178 g/mol. The topological polar surface area (TPSA) is 0 Å². The highest BCUT2D eigenvalue weighted by molar-refractivity contribution is 8.09. The van der Waals surface area contributed by atoms with Crippen molar-refractivity contribution >= 4 is 24.4 Å². The van der Waals surface area contributed by atoms with Crippen LogP contribution in [0.2, 0.25) is 0 Å². The van der Waals surface area contributed by atoms with E-state index < -0.39 is 0 Å². The maximum atomic E-state index is 4.20. The first-order chi connectivity index (χ1) is 4.85. The van der Waals surface area contributed by atoms with E-state index in [9.17, 15) is 0 Å². The Kier molecular flexibility index (Phi) is 8.35. The van der Waals surface area contributed by atoms with E-state index in [4.69, 9.17) is 0 Å². The van der Waals surface area contributed by atoms with E-state index in [1.807, 2.05) is 11.8 Å². The summed E-state index contributed by atoms with van der Waals surface area (Å²) in [6.07, 6.45) is 5.37. The van der Waals surface area contributed by atoms with Gasteiger partial charge in [0, 0.05) is 10.3 Å². The fourth-order valence-corrected chi connectivity index (χ4v) is 2.35. The number of hydrogen-bond donors (Lipinski definition) is 1. The van der Waals surface area contributed by atoms with Crippen molar-refractivity contribution in [1.82, 2.24) is 0 Å². The van der Waals surface area contributed by atoms with Gasteiger partial charge in [0.25, 0.3) is 0 Å². The highest BCUT2D eigenvalue weighted by Gasteiger charge is 2.03. The lowest BCUT2D eigenvalue weighted by Gasteiger charge is -2.11. The SMILES string of the molecule is CCCCC(CC)SCS. The lowest BCUT2D eigenvalue weighted by molar-refractivity contribution is 0.671. The molecule has 62 valence electrons. The van der Waals surface area contributed by atoms with Crippen molar-refractivity contribution in [2.45, 2.75) is 44.8 Å². The van der Waals surface area contributed by atoms with Gasteiger partial charge in [0.1, 0.15) is 0 Å². The molecule has 10 heavy (non-hydrogen) atoms. The van der Waals surface area contributed by atoms with Crippen LogP contribution in [0.3, 0.4) is 0 Å². The van der Waals surface area contributed by atoms with Crippen LogP contribution in [0.15, 0.2) is 0 Å². The maximum absolute atomic E-state index is 4.20. The molecule has 0 nitrogen and oxygen atoms in total. The third-order valence-corrected chi connectivity index (χ3v) is 3.28. The number of thioether (sulfide) groups is 1. The molecule has 0 heterocycles. The Morgan fingerprint density at radius 3 is 2.50 bits per heavy atom. The van der Waals surface area contributed by atoms with Gasteiger partial charge in [-0.1, -0.05) is 26.7 Å². The molecular weight excluding hydrogens is 160 g/mol. The molecule has 1 atom stereocenters. The van der Waals surface area contributed by atoms with Gasteiger partial charge < -0.3 is 0 Å². The number of rotatable bonds is 6. The zero-order valence-corrected chi connectivity index (χ0v) is 8.68. The Labute approximate surface area is 74.6 Å². The molecule has 0 bridgehead atoms. The van der Waals surface area contributed by atoms with Gasteiger partial charge >= 0.3 is 0 Å². The fraction of sp³-hybridized carbons (Fsp3) is 1.00. The summed E-state index contributed by atoms with van der Waals surface area (Å²) in [6, 6.07) is 0. The molecule has 0 spiro atoms. The Morgan fingerprint density at radius 2 is 2.10 bits per heavy atom. The molecule has 0 radical (unpaired) electrons. The minimum absolute atomic E-state index is 0.859. The standard InChI is InChI=1S/C8H18S2/c1-3-5-6-8(4-2)10-7-9/h8-9H,3-7H2,1-2H3. The third kappa shape index (κ3) is 5.48. The highest BCUT2D eigenvalue weighted by Crippen LogP contribution is 2.20.